The fraction of sp³-hybridized carbons (Fsp3) is 0.476. The van der Waals surface area contributed by atoms with Crippen LogP contribution in [-0.2, 0) is 14.4 Å². The third-order valence-corrected chi connectivity index (χ3v) is 5.61. The molecule has 3 amide bonds. The molecular weight excluding hydrogens is 392 g/mol. The molecule has 7 nitrogen and oxygen atoms in total. The van der Waals surface area contributed by atoms with Gasteiger partial charge in [0.1, 0.15) is 6.29 Å². The maximum atomic E-state index is 12.6. The van der Waals surface area contributed by atoms with E-state index in [1.54, 1.807) is 24.3 Å². The quantitative estimate of drug-likeness (QED) is 0.463. The van der Waals surface area contributed by atoms with E-state index in [2.05, 4.69) is 5.32 Å². The summed E-state index contributed by atoms with van der Waals surface area (Å²) in [6, 6.07) is 6.04. The molecule has 0 aromatic heterocycles. The molecule has 8 heteroatoms. The third-order valence-electron chi connectivity index (χ3n) is 4.54. The van der Waals surface area contributed by atoms with Crippen LogP contribution in [0.4, 0.5) is 0 Å². The highest BCUT2D eigenvalue weighted by Crippen LogP contribution is 2.24. The number of fused-ring (bicyclic) bond motifs is 1. The molecule has 0 bridgehead atoms. The zero-order chi connectivity index (χ0) is 21.6. The molecule has 2 rings (SSSR count). The number of carbonyl (C=O) groups excluding carboxylic acids is 5. The Bertz CT molecular complexity index is 773. The second-order valence-corrected chi connectivity index (χ2v) is 8.81. The molecule has 1 aromatic rings. The lowest BCUT2D eigenvalue weighted by Crippen LogP contribution is -2.42. The predicted molar refractivity (Wildman–Crippen MR) is 111 cm³/mol. The van der Waals surface area contributed by atoms with E-state index in [1.165, 1.54) is 11.8 Å². The molecule has 0 unspecified atom stereocenters. The van der Waals surface area contributed by atoms with Crippen molar-refractivity contribution in [3.63, 3.8) is 0 Å². The van der Waals surface area contributed by atoms with Crippen LogP contribution in [0.2, 0.25) is 0 Å². The zero-order valence-corrected chi connectivity index (χ0v) is 17.7. The summed E-state index contributed by atoms with van der Waals surface area (Å²) < 4.78 is 0. The molecule has 0 fully saturated rings. The van der Waals surface area contributed by atoms with Gasteiger partial charge < -0.3 is 10.1 Å². The fourth-order valence-electron chi connectivity index (χ4n) is 3.25. The molecule has 1 aliphatic rings. The van der Waals surface area contributed by atoms with Crippen molar-refractivity contribution in [2.75, 3.05) is 6.54 Å². The third kappa shape index (κ3) is 6.00. The Hall–Kier alpha value is -2.48. The summed E-state index contributed by atoms with van der Waals surface area (Å²) in [4.78, 5) is 61.3. The van der Waals surface area contributed by atoms with Gasteiger partial charge in [-0.05, 0) is 37.3 Å². The number of amides is 3. The van der Waals surface area contributed by atoms with Crippen LogP contribution in [0.3, 0.4) is 0 Å². The van der Waals surface area contributed by atoms with Crippen LogP contribution in [-0.4, -0.2) is 51.9 Å². The van der Waals surface area contributed by atoms with Crippen molar-refractivity contribution in [3.8, 4) is 0 Å². The number of benzene rings is 1. The molecule has 0 saturated heterocycles. The van der Waals surface area contributed by atoms with E-state index >= 15 is 0 Å². The summed E-state index contributed by atoms with van der Waals surface area (Å²) in [6.45, 7) is 5.44. The van der Waals surface area contributed by atoms with Gasteiger partial charge in [-0.25, -0.2) is 0 Å². The van der Waals surface area contributed by atoms with Gasteiger partial charge in [0.25, 0.3) is 11.8 Å². The van der Waals surface area contributed by atoms with E-state index in [9.17, 15) is 24.0 Å². The topological polar surface area (TPSA) is 101 Å². The molecular formula is C21H26N2O5S. The summed E-state index contributed by atoms with van der Waals surface area (Å²) in [5.74, 6) is -0.837. The van der Waals surface area contributed by atoms with Gasteiger partial charge in [-0.2, -0.15) is 0 Å². The number of rotatable bonds is 10. The number of thioether (sulfide) groups is 1. The van der Waals surface area contributed by atoms with Crippen LogP contribution < -0.4 is 5.32 Å². The lowest BCUT2D eigenvalue weighted by Gasteiger charge is -2.20. The Labute approximate surface area is 174 Å². The Balaban J connectivity index is 1.96. The van der Waals surface area contributed by atoms with Crippen LogP contribution in [0.1, 0.15) is 60.7 Å². The van der Waals surface area contributed by atoms with Gasteiger partial charge in [0.05, 0.1) is 22.4 Å². The standard InChI is InChI=1S/C21H26N2O5S/c1-13(2)11-15(12-24)22-19(26)18(29-14(3)25)9-6-10-23-20(27)16-7-4-5-8-17(16)21(23)28/h4-5,7-8,12-13,15,18H,6,9-11H2,1-3H3,(H,22,26)/t15-,18+/m0/s1. The number of aldehydes is 1. The van der Waals surface area contributed by atoms with E-state index in [1.807, 2.05) is 13.8 Å². The molecule has 0 spiro atoms. The second kappa shape index (κ2) is 10.3. The van der Waals surface area contributed by atoms with Crippen LogP contribution in [0.25, 0.3) is 0 Å². The van der Waals surface area contributed by atoms with E-state index in [4.69, 9.17) is 0 Å². The average molecular weight is 419 g/mol. The van der Waals surface area contributed by atoms with Gasteiger partial charge in [0.15, 0.2) is 5.12 Å². The smallest absolute Gasteiger partial charge is 0.261 e. The lowest BCUT2D eigenvalue weighted by atomic mass is 10.0. The van der Waals surface area contributed by atoms with Crippen LogP contribution >= 0.6 is 11.8 Å². The maximum absolute atomic E-state index is 12.6. The summed E-state index contributed by atoms with van der Waals surface area (Å²) in [6.07, 6.45) is 1.89. The molecule has 1 N–H and O–H groups in total. The molecule has 1 aromatic carbocycles. The van der Waals surface area contributed by atoms with Crippen LogP contribution in [0, 0.1) is 5.92 Å². The molecule has 0 radical (unpaired) electrons. The minimum absolute atomic E-state index is 0.164. The monoisotopic (exact) mass is 418 g/mol. The van der Waals surface area contributed by atoms with Crippen molar-refractivity contribution in [1.29, 1.82) is 0 Å². The van der Waals surface area contributed by atoms with Crippen molar-refractivity contribution in [1.82, 2.24) is 10.2 Å². The normalized spacial score (nSPS) is 15.2. The second-order valence-electron chi connectivity index (χ2n) is 7.43. The van der Waals surface area contributed by atoms with Crippen molar-refractivity contribution in [2.24, 2.45) is 5.92 Å². The number of hydrogen-bond donors (Lipinski definition) is 1. The Morgan fingerprint density at radius 1 is 1.14 bits per heavy atom. The van der Waals surface area contributed by atoms with E-state index < -0.39 is 11.3 Å². The minimum Gasteiger partial charge on any atom is -0.346 e. The molecule has 156 valence electrons. The number of nitrogens with one attached hydrogen (secondary N) is 1. The maximum Gasteiger partial charge on any atom is 0.261 e. The van der Waals surface area contributed by atoms with Gasteiger partial charge >= 0.3 is 0 Å². The molecule has 0 saturated carbocycles. The predicted octanol–water partition coefficient (Wildman–Crippen LogP) is 2.44. The first-order valence-corrected chi connectivity index (χ1v) is 10.5. The summed E-state index contributed by atoms with van der Waals surface area (Å²) in [5.41, 5.74) is 0.764. The molecule has 0 aliphatic carbocycles. The van der Waals surface area contributed by atoms with E-state index in [-0.39, 0.29) is 35.3 Å². The number of hydrogen-bond acceptors (Lipinski definition) is 6. The van der Waals surface area contributed by atoms with Crippen molar-refractivity contribution in [3.05, 3.63) is 35.4 Å². The highest BCUT2D eigenvalue weighted by atomic mass is 32.2. The molecule has 2 atom stereocenters. The van der Waals surface area contributed by atoms with Crippen molar-refractivity contribution < 1.29 is 24.0 Å². The minimum atomic E-state index is -0.683. The Morgan fingerprint density at radius 3 is 2.21 bits per heavy atom. The Morgan fingerprint density at radius 2 is 1.72 bits per heavy atom. The number of imide groups is 1. The van der Waals surface area contributed by atoms with Crippen LogP contribution in [0.5, 0.6) is 0 Å². The highest BCUT2D eigenvalue weighted by molar-refractivity contribution is 8.14. The molecule has 29 heavy (non-hydrogen) atoms. The summed E-state index contributed by atoms with van der Waals surface area (Å²) in [7, 11) is 0. The number of carbonyl (C=O) groups is 5. The summed E-state index contributed by atoms with van der Waals surface area (Å²) >= 11 is 0.895. The molecule has 1 aliphatic heterocycles. The van der Waals surface area contributed by atoms with Gasteiger partial charge in [-0.15, -0.1) is 0 Å². The van der Waals surface area contributed by atoms with Crippen LogP contribution in [0.15, 0.2) is 24.3 Å². The van der Waals surface area contributed by atoms with Gasteiger partial charge in [-0.3, -0.25) is 24.1 Å². The van der Waals surface area contributed by atoms with Crippen molar-refractivity contribution >= 4 is 40.9 Å². The zero-order valence-electron chi connectivity index (χ0n) is 16.8. The van der Waals surface area contributed by atoms with Crippen molar-refractivity contribution in [2.45, 2.75) is 51.3 Å². The van der Waals surface area contributed by atoms with E-state index in [0.717, 1.165) is 11.8 Å². The van der Waals surface area contributed by atoms with Gasteiger partial charge in [-0.1, -0.05) is 37.7 Å². The SMILES string of the molecule is CC(=O)S[C@H](CCCN1C(=O)c2ccccc2C1=O)C(=O)N[C@H](C=O)CC(C)C. The van der Waals surface area contributed by atoms with E-state index in [0.29, 0.717) is 36.7 Å². The largest absolute Gasteiger partial charge is 0.346 e. The Kier molecular flexibility index (Phi) is 8.13. The fourth-order valence-corrected chi connectivity index (χ4v) is 4.11. The number of nitrogens with zero attached hydrogens (tertiary/aromatic N) is 1. The first-order valence-electron chi connectivity index (χ1n) is 9.62. The van der Waals surface area contributed by atoms with Gasteiger partial charge in [0, 0.05) is 13.5 Å². The first-order chi connectivity index (χ1) is 13.7. The first kappa shape index (κ1) is 22.8. The highest BCUT2D eigenvalue weighted by Gasteiger charge is 2.35. The van der Waals surface area contributed by atoms with Gasteiger partial charge in [0.2, 0.25) is 5.91 Å². The lowest BCUT2D eigenvalue weighted by molar-refractivity contribution is -0.124. The summed E-state index contributed by atoms with van der Waals surface area (Å²) in [5, 5.41) is 1.79. The molecule has 1 heterocycles. The average Bonchev–Trinajstić information content (AvgIpc) is 2.91.